The van der Waals surface area contributed by atoms with Gasteiger partial charge in [0, 0.05) is 17.9 Å². The molecule has 2 aromatic rings. The van der Waals surface area contributed by atoms with E-state index in [1.165, 1.54) is 5.57 Å². The third kappa shape index (κ3) is 8.51. The van der Waals surface area contributed by atoms with Crippen LogP contribution in [-0.4, -0.2) is 46.6 Å². The molecule has 3 atom stereocenters. The van der Waals surface area contributed by atoms with Crippen LogP contribution in [0.1, 0.15) is 62.3 Å². The molecule has 2 aromatic carbocycles. The fourth-order valence-corrected chi connectivity index (χ4v) is 10.6. The summed E-state index contributed by atoms with van der Waals surface area (Å²) in [6, 6.07) is 20.8. The molecule has 1 N–H and O–H groups in total. The van der Waals surface area contributed by atoms with Crippen molar-refractivity contribution in [2.45, 2.75) is 97.6 Å². The Morgan fingerprint density at radius 3 is 1.77 bits per heavy atom. The molecule has 0 saturated carbocycles. The predicted molar refractivity (Wildman–Crippen MR) is 180 cm³/mol. The van der Waals surface area contributed by atoms with Crippen molar-refractivity contribution in [3.63, 3.8) is 0 Å². The first kappa shape index (κ1) is 34.7. The van der Waals surface area contributed by atoms with Gasteiger partial charge in [0.05, 0.1) is 6.04 Å². The largest absolute Gasteiger partial charge is 0.416 e. The molecule has 0 aliphatic carbocycles. The number of allylic oxidation sites excluding steroid dienone is 1. The van der Waals surface area contributed by atoms with Crippen LogP contribution < -0.4 is 15.7 Å². The summed E-state index contributed by atoms with van der Waals surface area (Å²) >= 11 is 3.57. The molecule has 222 valence electrons. The SMILES string of the molecule is C/C(=C/[C@@H](NC(=O)[C@H](C)O[Si](c1ccccc1)(c1ccccc1)C(C)(C)C)[C@H](C)CO[Si](C)(C)C(C)(C)C)CBr. The standard InChI is InChI=1S/C33H52BrNO3Si2/c1-25(23-34)22-30(26(2)24-37-39(10,11)32(4,5)6)35-31(36)27(3)38-40(33(7,8)9,28-18-14-12-15-19-28)29-20-16-13-17-21-29/h12-22,26-27,30H,23-24H2,1-11H3,(H,35,36)/b25-22-/t26-,27+,30-/m1/s1. The summed E-state index contributed by atoms with van der Waals surface area (Å²) < 4.78 is 13.6. The summed E-state index contributed by atoms with van der Waals surface area (Å²) in [6.07, 6.45) is 1.52. The van der Waals surface area contributed by atoms with E-state index in [0.29, 0.717) is 6.61 Å². The van der Waals surface area contributed by atoms with E-state index in [1.807, 2.05) is 19.1 Å². The minimum atomic E-state index is -2.86. The Labute approximate surface area is 254 Å². The molecule has 0 heterocycles. The molecule has 0 bridgehead atoms. The van der Waals surface area contributed by atoms with Gasteiger partial charge in [0.1, 0.15) is 6.10 Å². The number of rotatable bonds is 12. The molecular weight excluding hydrogens is 594 g/mol. The van der Waals surface area contributed by atoms with Gasteiger partial charge >= 0.3 is 0 Å². The van der Waals surface area contributed by atoms with Gasteiger partial charge in [-0.25, -0.2) is 0 Å². The van der Waals surface area contributed by atoms with Gasteiger partial charge in [-0.2, -0.15) is 0 Å². The van der Waals surface area contributed by atoms with Crippen molar-refractivity contribution in [1.29, 1.82) is 0 Å². The van der Waals surface area contributed by atoms with Crippen LogP contribution in [0.2, 0.25) is 23.2 Å². The number of amides is 1. The summed E-state index contributed by atoms with van der Waals surface area (Å²) in [4.78, 5) is 13.9. The lowest BCUT2D eigenvalue weighted by molar-refractivity contribution is -0.128. The van der Waals surface area contributed by atoms with Gasteiger partial charge in [-0.1, -0.05) is 137 Å². The molecule has 0 unspecified atom stereocenters. The van der Waals surface area contributed by atoms with Gasteiger partial charge in [-0.05, 0) is 47.4 Å². The molecule has 0 aromatic heterocycles. The lowest BCUT2D eigenvalue weighted by atomic mass is 10.0. The predicted octanol–water partition coefficient (Wildman–Crippen LogP) is 7.44. The first-order valence-electron chi connectivity index (χ1n) is 14.4. The van der Waals surface area contributed by atoms with Crippen LogP contribution in [0, 0.1) is 5.92 Å². The number of alkyl halides is 1. The van der Waals surface area contributed by atoms with Gasteiger partial charge in [0.15, 0.2) is 8.32 Å². The quantitative estimate of drug-likeness (QED) is 0.148. The minimum Gasteiger partial charge on any atom is -0.416 e. The molecule has 40 heavy (non-hydrogen) atoms. The Kier molecular flexibility index (Phi) is 12.2. The highest BCUT2D eigenvalue weighted by Crippen LogP contribution is 2.38. The lowest BCUT2D eigenvalue weighted by Crippen LogP contribution is -2.68. The number of nitrogens with one attached hydrogen (secondary N) is 1. The van der Waals surface area contributed by atoms with Gasteiger partial charge in [-0.3, -0.25) is 4.79 Å². The van der Waals surface area contributed by atoms with Crippen LogP contribution >= 0.6 is 15.9 Å². The molecule has 0 spiro atoms. The maximum atomic E-state index is 13.9. The van der Waals surface area contributed by atoms with Gasteiger partial charge in [-0.15, -0.1) is 0 Å². The number of hydrogen-bond donors (Lipinski definition) is 1. The van der Waals surface area contributed by atoms with Crippen LogP contribution in [0.15, 0.2) is 72.3 Å². The van der Waals surface area contributed by atoms with E-state index in [9.17, 15) is 4.79 Å². The summed E-state index contributed by atoms with van der Waals surface area (Å²) in [5, 5.41) is 6.33. The van der Waals surface area contributed by atoms with E-state index in [4.69, 9.17) is 8.85 Å². The van der Waals surface area contributed by atoms with E-state index >= 15 is 0 Å². The Morgan fingerprint density at radius 1 is 0.900 bits per heavy atom. The number of carbonyl (C=O) groups excluding carboxylic acids is 1. The van der Waals surface area contributed by atoms with E-state index in [-0.39, 0.29) is 27.9 Å². The number of carbonyl (C=O) groups is 1. The van der Waals surface area contributed by atoms with Crippen LogP contribution in [0.5, 0.6) is 0 Å². The Hall–Kier alpha value is -1.52. The monoisotopic (exact) mass is 645 g/mol. The van der Waals surface area contributed by atoms with Crippen LogP contribution in [0.4, 0.5) is 0 Å². The maximum Gasteiger partial charge on any atom is 0.262 e. The fourth-order valence-electron chi connectivity index (χ4n) is 4.65. The molecule has 4 nitrogen and oxygen atoms in total. The molecule has 0 radical (unpaired) electrons. The van der Waals surface area contributed by atoms with Gasteiger partial charge in [0.2, 0.25) is 5.91 Å². The zero-order chi connectivity index (χ0) is 30.4. The van der Waals surface area contributed by atoms with Crippen molar-refractivity contribution in [1.82, 2.24) is 5.32 Å². The molecular formula is C33H52BrNO3Si2. The van der Waals surface area contributed by atoms with Crippen molar-refractivity contribution in [2.24, 2.45) is 5.92 Å². The second kappa shape index (κ2) is 14.1. The molecule has 0 aliphatic rings. The normalized spacial score (nSPS) is 15.8. The first-order valence-corrected chi connectivity index (χ1v) is 20.4. The Balaban J connectivity index is 2.40. The van der Waals surface area contributed by atoms with E-state index in [1.54, 1.807) is 0 Å². The minimum absolute atomic E-state index is 0.101. The van der Waals surface area contributed by atoms with Crippen LogP contribution in [0.25, 0.3) is 0 Å². The van der Waals surface area contributed by atoms with E-state index in [2.05, 4.69) is 144 Å². The topological polar surface area (TPSA) is 47.6 Å². The number of hydrogen-bond acceptors (Lipinski definition) is 3. The second-order valence-corrected chi connectivity index (χ2v) is 23.3. The van der Waals surface area contributed by atoms with Crippen molar-refractivity contribution in [2.75, 3.05) is 11.9 Å². The average molecular weight is 647 g/mol. The highest BCUT2D eigenvalue weighted by molar-refractivity contribution is 9.09. The zero-order valence-corrected chi connectivity index (χ0v) is 30.2. The van der Waals surface area contributed by atoms with Crippen LogP contribution in [-0.2, 0) is 13.6 Å². The highest BCUT2D eigenvalue weighted by atomic mass is 79.9. The smallest absolute Gasteiger partial charge is 0.262 e. The average Bonchev–Trinajstić information content (AvgIpc) is 2.89. The Morgan fingerprint density at radius 2 is 1.38 bits per heavy atom. The molecule has 7 heteroatoms. The van der Waals surface area contributed by atoms with Gasteiger partial charge < -0.3 is 14.2 Å². The van der Waals surface area contributed by atoms with Crippen molar-refractivity contribution < 1.29 is 13.6 Å². The third-order valence-corrected chi connectivity index (χ3v) is 18.7. The zero-order valence-electron chi connectivity index (χ0n) is 26.6. The summed E-state index contributed by atoms with van der Waals surface area (Å²) in [5.41, 5.74) is 1.17. The molecule has 1 amide bonds. The first-order chi connectivity index (χ1) is 18.5. The Bertz CT molecular complexity index is 1070. The summed E-state index contributed by atoms with van der Waals surface area (Å²) in [7, 11) is -4.77. The lowest BCUT2D eigenvalue weighted by Gasteiger charge is -2.44. The summed E-state index contributed by atoms with van der Waals surface area (Å²) in [6.45, 7) is 24.7. The van der Waals surface area contributed by atoms with Crippen molar-refractivity contribution in [3.8, 4) is 0 Å². The fraction of sp³-hybridized carbons (Fsp3) is 0.545. The number of halogens is 1. The molecule has 0 saturated heterocycles. The molecule has 0 fully saturated rings. The maximum absolute atomic E-state index is 13.9. The van der Waals surface area contributed by atoms with Gasteiger partial charge in [0.25, 0.3) is 8.32 Å². The number of benzene rings is 2. The third-order valence-electron chi connectivity index (χ3n) is 8.25. The van der Waals surface area contributed by atoms with E-state index < -0.39 is 22.7 Å². The summed E-state index contributed by atoms with van der Waals surface area (Å²) in [5.74, 6) is 0.00271. The van der Waals surface area contributed by atoms with Crippen molar-refractivity contribution >= 4 is 48.8 Å². The van der Waals surface area contributed by atoms with E-state index in [0.717, 1.165) is 15.7 Å². The van der Waals surface area contributed by atoms with Crippen LogP contribution in [0.3, 0.4) is 0 Å². The second-order valence-electron chi connectivity index (χ2n) is 13.7. The molecule has 0 aliphatic heterocycles. The van der Waals surface area contributed by atoms with Crippen molar-refractivity contribution in [3.05, 3.63) is 72.3 Å². The highest BCUT2D eigenvalue weighted by Gasteiger charge is 2.51. The molecule has 2 rings (SSSR count).